The van der Waals surface area contributed by atoms with Crippen LogP contribution < -0.4 is 4.74 Å². The summed E-state index contributed by atoms with van der Waals surface area (Å²) in [6.45, 7) is -0.523. The van der Waals surface area contributed by atoms with Gasteiger partial charge in [-0.15, -0.1) is 45.3 Å². The van der Waals surface area contributed by atoms with Crippen LogP contribution in [-0.4, -0.2) is 34.4 Å². The van der Waals surface area contributed by atoms with Crippen LogP contribution in [0.15, 0.2) is 108 Å². The van der Waals surface area contributed by atoms with Gasteiger partial charge in [0.05, 0.1) is 35.0 Å². The van der Waals surface area contributed by atoms with E-state index in [1.165, 1.54) is 34.8 Å². The number of carbonyl (C=O) groups is 5. The summed E-state index contributed by atoms with van der Waals surface area (Å²) in [5, 5.41) is 11.0. The number of allylic oxidation sites excluding steroid dienone is 1. The van der Waals surface area contributed by atoms with Gasteiger partial charge in [0.2, 0.25) is 0 Å². The first-order chi connectivity index (χ1) is 31.8. The Morgan fingerprint density at radius 2 is 1.12 bits per heavy atom. The maximum atomic E-state index is 15.0. The van der Waals surface area contributed by atoms with Crippen molar-refractivity contribution in [2.24, 2.45) is 0 Å². The number of ketones is 3. The van der Waals surface area contributed by atoms with E-state index < -0.39 is 64.3 Å². The molecule has 9 nitrogen and oxygen atoms in total. The van der Waals surface area contributed by atoms with Crippen molar-refractivity contribution in [3.8, 4) is 15.5 Å². The van der Waals surface area contributed by atoms with Gasteiger partial charge in [-0.05, 0) is 65.2 Å². The van der Waals surface area contributed by atoms with Crippen molar-refractivity contribution in [3.05, 3.63) is 180 Å². The van der Waals surface area contributed by atoms with Gasteiger partial charge in [-0.3, -0.25) is 14.4 Å². The van der Waals surface area contributed by atoms with Crippen LogP contribution in [0.2, 0.25) is 0 Å². The Balaban J connectivity index is 1.06. The quantitative estimate of drug-likeness (QED) is 0.0519. The molecule has 1 unspecified atom stereocenters. The number of carbonyl (C=O) groups excluding carboxylic acids is 5. The second-order valence-corrected chi connectivity index (χ2v) is 19.6. The number of aliphatic hydroxyl groups excluding tert-OH is 1. The number of aliphatic hydroxyl groups is 1. The summed E-state index contributed by atoms with van der Waals surface area (Å²) < 4.78 is 77.2. The smallest absolute Gasteiger partial charge is 0.367 e. The molecular weight excluding hydrogens is 937 g/mol. The highest BCUT2D eigenvalue weighted by molar-refractivity contribution is 7.35. The third-order valence-electron chi connectivity index (χ3n) is 11.4. The van der Waals surface area contributed by atoms with Gasteiger partial charge in [-0.2, -0.15) is 0 Å². The maximum Gasteiger partial charge on any atom is 0.367 e. The summed E-state index contributed by atoms with van der Waals surface area (Å²) in [6, 6.07) is 23.8. The van der Waals surface area contributed by atoms with Crippen molar-refractivity contribution >= 4 is 106 Å². The summed E-state index contributed by atoms with van der Waals surface area (Å²) in [5.74, 6) is -9.36. The van der Waals surface area contributed by atoms with Gasteiger partial charge in [0.15, 0.2) is 46.4 Å². The number of benzene rings is 4. The fraction of sp³-hybridized carbons (Fsp3) is 0.0816. The molecule has 0 spiro atoms. The molecule has 1 aliphatic heterocycles. The molecule has 1 atom stereocenters. The molecule has 11 rings (SSSR count). The van der Waals surface area contributed by atoms with Crippen LogP contribution in [0.25, 0.3) is 40.7 Å². The number of ether oxygens (including phenoxy) is 3. The summed E-state index contributed by atoms with van der Waals surface area (Å²) in [4.78, 5) is 71.9. The average Bonchev–Trinajstić information content (AvgIpc) is 4.14. The Kier molecular flexibility index (Phi) is 9.90. The summed E-state index contributed by atoms with van der Waals surface area (Å²) in [7, 11) is 0. The van der Waals surface area contributed by atoms with E-state index in [9.17, 15) is 37.1 Å². The number of thiophene rings is 4. The van der Waals surface area contributed by atoms with Crippen LogP contribution in [0.3, 0.4) is 0 Å². The minimum atomic E-state index is -2.62. The highest BCUT2D eigenvalue weighted by atomic mass is 32.1. The van der Waals surface area contributed by atoms with Crippen molar-refractivity contribution in [2.75, 3.05) is 0 Å². The molecule has 0 fully saturated rings. The van der Waals surface area contributed by atoms with Crippen LogP contribution in [0.5, 0.6) is 5.75 Å². The van der Waals surface area contributed by atoms with Gasteiger partial charge in [0.25, 0.3) is 0 Å². The predicted octanol–water partition coefficient (Wildman–Crippen LogP) is 11.3. The van der Waals surface area contributed by atoms with E-state index in [-0.39, 0.29) is 57.9 Å². The molecule has 4 aromatic carbocycles. The average molecular weight is 961 g/mol. The minimum absolute atomic E-state index is 0.0705. The molecule has 0 saturated carbocycles. The van der Waals surface area contributed by atoms with Crippen molar-refractivity contribution in [3.63, 3.8) is 0 Å². The highest BCUT2D eigenvalue weighted by Gasteiger charge is 2.60. The van der Waals surface area contributed by atoms with Gasteiger partial charge in [-0.25, -0.2) is 27.2 Å². The molecule has 2 aliphatic carbocycles. The van der Waals surface area contributed by atoms with Crippen LogP contribution in [0.1, 0.15) is 69.2 Å². The predicted molar refractivity (Wildman–Crippen MR) is 240 cm³/mol. The second-order valence-electron chi connectivity index (χ2n) is 15.4. The topological polar surface area (TPSA) is 133 Å². The van der Waals surface area contributed by atoms with Gasteiger partial charge in [-0.1, -0.05) is 60.7 Å². The lowest BCUT2D eigenvalue weighted by atomic mass is 9.90. The summed E-state index contributed by atoms with van der Waals surface area (Å²) >= 11 is 4.63. The highest BCUT2D eigenvalue weighted by Crippen LogP contribution is 2.61. The molecule has 66 heavy (non-hydrogen) atoms. The normalized spacial score (nSPS) is 16.4. The van der Waals surface area contributed by atoms with Gasteiger partial charge < -0.3 is 19.3 Å². The van der Waals surface area contributed by atoms with Crippen LogP contribution in [0, 0.1) is 23.3 Å². The van der Waals surface area contributed by atoms with Crippen LogP contribution in [-0.2, 0) is 37.9 Å². The number of esters is 2. The maximum absolute atomic E-state index is 15.0. The first-order valence-corrected chi connectivity index (χ1v) is 23.1. The van der Waals surface area contributed by atoms with Gasteiger partial charge in [0, 0.05) is 36.7 Å². The molecule has 3 aliphatic rings. The Morgan fingerprint density at radius 3 is 1.71 bits per heavy atom. The van der Waals surface area contributed by atoms with E-state index in [4.69, 9.17) is 14.2 Å². The molecule has 0 radical (unpaired) electrons. The molecule has 0 bridgehead atoms. The Morgan fingerprint density at radius 1 is 0.621 bits per heavy atom. The van der Waals surface area contributed by atoms with E-state index >= 15 is 9.59 Å². The molecule has 0 amide bonds. The number of halogens is 4. The number of fused-ring (bicyclic) bond motifs is 9. The third kappa shape index (κ3) is 6.52. The van der Waals surface area contributed by atoms with Crippen molar-refractivity contribution < 1.29 is 60.9 Å². The molecule has 5 heterocycles. The monoisotopic (exact) mass is 960 g/mol. The molecule has 326 valence electrons. The molecule has 4 aromatic heterocycles. The third-order valence-corrected chi connectivity index (χ3v) is 16.2. The number of Topliss-reactive ketones (excluding diaryl/α,β-unsaturated/α-hetero) is 3. The Bertz CT molecular complexity index is 3430. The zero-order valence-electron chi connectivity index (χ0n) is 33.2. The lowest BCUT2D eigenvalue weighted by molar-refractivity contribution is -0.183. The fourth-order valence-electron chi connectivity index (χ4n) is 8.20. The van der Waals surface area contributed by atoms with E-state index in [0.29, 0.717) is 61.6 Å². The van der Waals surface area contributed by atoms with E-state index in [0.717, 1.165) is 34.8 Å². The molecule has 17 heteroatoms. The van der Waals surface area contributed by atoms with Gasteiger partial charge in [0.1, 0.15) is 19.3 Å². The molecule has 0 saturated heterocycles. The zero-order chi connectivity index (χ0) is 45.8. The minimum Gasteiger partial charge on any atom is -0.457 e. The lowest BCUT2D eigenvalue weighted by Gasteiger charge is -2.33. The largest absolute Gasteiger partial charge is 0.457 e. The number of hydrogen-bond acceptors (Lipinski definition) is 13. The fourth-order valence-corrected chi connectivity index (χ4v) is 13.5. The second kappa shape index (κ2) is 15.6. The molecular formula is C49H24F4O9S4. The number of hydrogen-bond donors (Lipinski definition) is 1. The van der Waals surface area contributed by atoms with Crippen LogP contribution in [0.4, 0.5) is 17.6 Å². The van der Waals surface area contributed by atoms with Crippen molar-refractivity contribution in [1.29, 1.82) is 0 Å². The van der Waals surface area contributed by atoms with Crippen molar-refractivity contribution in [1.82, 2.24) is 0 Å². The van der Waals surface area contributed by atoms with Gasteiger partial charge >= 0.3 is 17.5 Å². The van der Waals surface area contributed by atoms with Crippen molar-refractivity contribution in [2.45, 2.75) is 24.9 Å². The van der Waals surface area contributed by atoms with E-state index in [1.807, 2.05) is 0 Å². The molecule has 8 aromatic rings. The SMILES string of the molecule is O=C1C(=Cc2cc3sc4c(c3s2)C(C(=O)OCc2ccccc2)(C(=O)OCc2ccccc2)Oc2c-4sc3cc(/C=C4\C(=O)c5cc(F)c(F)cc5C4O)sc23)C(=O)c2cc(F)c(F)cc21. The molecule has 1 N–H and O–H groups in total. The summed E-state index contributed by atoms with van der Waals surface area (Å²) in [6.07, 6.45) is 1.18. The lowest BCUT2D eigenvalue weighted by Crippen LogP contribution is -2.52. The zero-order valence-corrected chi connectivity index (χ0v) is 36.5. The van der Waals surface area contributed by atoms with E-state index in [1.54, 1.807) is 72.8 Å². The first-order valence-electron chi connectivity index (χ1n) is 19.8. The first kappa shape index (κ1) is 41.8. The summed E-state index contributed by atoms with van der Waals surface area (Å²) in [5.41, 5.74) is -2.53. The van der Waals surface area contributed by atoms with Crippen LogP contribution >= 0.6 is 45.3 Å². The Labute approximate surface area is 385 Å². The number of rotatable bonds is 8. The van der Waals surface area contributed by atoms with E-state index in [2.05, 4.69) is 0 Å². The Hall–Kier alpha value is -6.89. The standard InChI is InChI=1S/C49H24F4O9S4/c50-31-15-25-26(16-32(31)51)39(55)29(38(25)54)11-23-13-35-43(63-23)37-45(65-35)46-42(44-36(66-46)14-24(64-44)12-30-40(56)27-17-33(52)34(53)18-28(27)41(30)57)62-49(37,47(58)60-19-21-7-3-1-4-8-21)48(59)61-20-22-9-5-2-6-10-22/h1-18,40,56H,19-20H2/b30-12-.